The topological polar surface area (TPSA) is 0 Å². The van der Waals surface area contributed by atoms with Gasteiger partial charge in [0, 0.05) is 5.25 Å². The lowest BCUT2D eigenvalue weighted by molar-refractivity contribution is 0.906. The first kappa shape index (κ1) is 8.76. The maximum atomic E-state index is 5.59. The van der Waals surface area contributed by atoms with E-state index in [1.54, 1.807) is 10.8 Å². The van der Waals surface area contributed by atoms with Crippen molar-refractivity contribution in [2.75, 3.05) is 6.26 Å². The van der Waals surface area contributed by atoms with Gasteiger partial charge >= 0.3 is 0 Å². The van der Waals surface area contributed by atoms with E-state index in [2.05, 4.69) is 13.2 Å². The largest absolute Gasteiger partial charge is 0.0973 e. The lowest BCUT2D eigenvalue weighted by Gasteiger charge is -2.11. The Labute approximate surface area is 61.0 Å². The van der Waals surface area contributed by atoms with Gasteiger partial charge in [0.25, 0.3) is 0 Å². The van der Waals surface area contributed by atoms with Crippen LogP contribution in [0.2, 0.25) is 5.82 Å². The fourth-order valence-electron chi connectivity index (χ4n) is 0.239. The third-order valence-electron chi connectivity index (χ3n) is 0.988. The molecule has 0 aliphatic heterocycles. The van der Waals surface area contributed by atoms with Crippen LogP contribution in [0.25, 0.3) is 0 Å². The second kappa shape index (κ2) is 4.63. The molecule has 0 saturated heterocycles. The second-order valence-corrected chi connectivity index (χ2v) is 4.67. The molecule has 3 heteroatoms. The number of hydrogen-bond acceptors (Lipinski definition) is 2. The van der Waals surface area contributed by atoms with Gasteiger partial charge in [-0.25, -0.2) is 0 Å². The molecule has 0 bridgehead atoms. The smallest absolute Gasteiger partial charge is 0.0711 e. The molecule has 0 fully saturated rings. The van der Waals surface area contributed by atoms with Crippen molar-refractivity contribution >= 4 is 29.4 Å². The van der Waals surface area contributed by atoms with Crippen LogP contribution in [0.1, 0.15) is 13.8 Å². The van der Waals surface area contributed by atoms with Crippen LogP contribution in [-0.4, -0.2) is 19.4 Å². The Hall–Kier alpha value is 0.765. The molecule has 0 aliphatic rings. The fraction of sp³-hybridized carbons (Fsp3) is 1.00. The predicted octanol–water partition coefficient (Wildman–Crippen LogP) is 2.36. The molecule has 2 radical (unpaired) electrons. The van der Waals surface area contributed by atoms with Gasteiger partial charge in [-0.15, -0.1) is 0 Å². The Morgan fingerprint density at radius 1 is 1.38 bits per heavy atom. The van der Waals surface area contributed by atoms with E-state index < -0.39 is 0 Å². The van der Waals surface area contributed by atoms with Gasteiger partial charge in [0.1, 0.15) is 0 Å². The summed E-state index contributed by atoms with van der Waals surface area (Å²) < 4.78 is 0. The van der Waals surface area contributed by atoms with E-state index in [1.807, 2.05) is 17.7 Å². The minimum atomic E-state index is 0.312. The van der Waals surface area contributed by atoms with Crippen LogP contribution >= 0.6 is 21.6 Å². The summed E-state index contributed by atoms with van der Waals surface area (Å²) in [5.41, 5.74) is 0. The highest BCUT2D eigenvalue weighted by molar-refractivity contribution is 8.76. The van der Waals surface area contributed by atoms with Crippen molar-refractivity contribution in [2.45, 2.75) is 24.9 Å². The number of hydrogen-bond donors (Lipinski definition) is 0. The molecule has 0 N–H and O–H groups in total. The normalized spacial score (nSPS) is 17.9. The van der Waals surface area contributed by atoms with E-state index in [-0.39, 0.29) is 0 Å². The summed E-state index contributed by atoms with van der Waals surface area (Å²) in [5.74, 6) is 0.312. The first-order chi connectivity index (χ1) is 3.68. The lowest BCUT2D eigenvalue weighted by atomic mass is 9.87. The molecule has 0 heterocycles. The minimum Gasteiger partial charge on any atom is -0.0973 e. The maximum absolute atomic E-state index is 5.59. The van der Waals surface area contributed by atoms with Gasteiger partial charge in [0.15, 0.2) is 0 Å². The molecule has 0 saturated carbocycles. The van der Waals surface area contributed by atoms with Gasteiger partial charge in [0.05, 0.1) is 7.85 Å². The zero-order chi connectivity index (χ0) is 6.57. The second-order valence-electron chi connectivity index (χ2n) is 1.83. The highest BCUT2D eigenvalue weighted by Crippen LogP contribution is 2.29. The molecule has 0 aromatic carbocycles. The van der Waals surface area contributed by atoms with Crippen LogP contribution in [0.4, 0.5) is 0 Å². The summed E-state index contributed by atoms with van der Waals surface area (Å²) in [7, 11) is 9.19. The standard InChI is InChI=1S/C5H11BS2/c1-4(6)5(2)8-7-3/h4-5H,1-3H3. The van der Waals surface area contributed by atoms with Crippen molar-refractivity contribution in [1.29, 1.82) is 0 Å². The van der Waals surface area contributed by atoms with E-state index in [0.29, 0.717) is 11.1 Å². The summed E-state index contributed by atoms with van der Waals surface area (Å²) in [4.78, 5) is 0. The van der Waals surface area contributed by atoms with Gasteiger partial charge in [-0.1, -0.05) is 41.3 Å². The summed E-state index contributed by atoms with van der Waals surface area (Å²) in [6.07, 6.45) is 2.07. The highest BCUT2D eigenvalue weighted by atomic mass is 33.1. The molecule has 2 atom stereocenters. The summed E-state index contributed by atoms with van der Waals surface area (Å²) >= 11 is 0. The van der Waals surface area contributed by atoms with Crippen molar-refractivity contribution in [3.8, 4) is 0 Å². The molecule has 46 valence electrons. The molecule has 0 aromatic heterocycles. The Balaban J connectivity index is 3.17. The predicted molar refractivity (Wildman–Crippen MR) is 45.7 cm³/mol. The minimum absolute atomic E-state index is 0.312. The highest BCUT2D eigenvalue weighted by Gasteiger charge is 2.04. The van der Waals surface area contributed by atoms with Crippen LogP contribution in [0, 0.1) is 0 Å². The van der Waals surface area contributed by atoms with Crippen molar-refractivity contribution < 1.29 is 0 Å². The van der Waals surface area contributed by atoms with Crippen molar-refractivity contribution in [3.05, 3.63) is 0 Å². The molecule has 0 rings (SSSR count). The van der Waals surface area contributed by atoms with Crippen LogP contribution in [0.3, 0.4) is 0 Å². The van der Waals surface area contributed by atoms with Gasteiger partial charge in [-0.2, -0.15) is 0 Å². The molecular formula is C5H11BS2. The third-order valence-corrected chi connectivity index (χ3v) is 3.40. The van der Waals surface area contributed by atoms with Gasteiger partial charge in [-0.05, 0) is 6.26 Å². The molecule has 0 aliphatic carbocycles. The molecule has 0 aromatic rings. The SMILES string of the molecule is [B]C(C)C(C)SSC. The Morgan fingerprint density at radius 3 is 2.00 bits per heavy atom. The maximum Gasteiger partial charge on any atom is 0.0711 e. The first-order valence-electron chi connectivity index (χ1n) is 2.63. The van der Waals surface area contributed by atoms with Crippen molar-refractivity contribution in [2.24, 2.45) is 0 Å². The summed E-state index contributed by atoms with van der Waals surface area (Å²) in [6, 6.07) is 0. The monoisotopic (exact) mass is 146 g/mol. The van der Waals surface area contributed by atoms with E-state index in [1.165, 1.54) is 0 Å². The lowest BCUT2D eigenvalue weighted by Crippen LogP contribution is -2.01. The molecule has 0 nitrogen and oxygen atoms in total. The van der Waals surface area contributed by atoms with Gasteiger partial charge < -0.3 is 0 Å². The summed E-state index contributed by atoms with van der Waals surface area (Å²) in [5, 5.41) is 0.574. The van der Waals surface area contributed by atoms with Crippen LogP contribution in [-0.2, 0) is 0 Å². The fourth-order valence-corrected chi connectivity index (χ4v) is 2.15. The molecular weight excluding hydrogens is 135 g/mol. The third kappa shape index (κ3) is 3.73. The van der Waals surface area contributed by atoms with Crippen LogP contribution < -0.4 is 0 Å². The summed E-state index contributed by atoms with van der Waals surface area (Å²) in [6.45, 7) is 4.18. The van der Waals surface area contributed by atoms with Crippen molar-refractivity contribution in [1.82, 2.24) is 0 Å². The zero-order valence-electron chi connectivity index (χ0n) is 5.55. The number of rotatable bonds is 3. The van der Waals surface area contributed by atoms with E-state index >= 15 is 0 Å². The Bertz CT molecular complexity index is 56.4. The molecule has 0 spiro atoms. The van der Waals surface area contributed by atoms with E-state index in [4.69, 9.17) is 7.85 Å². The zero-order valence-corrected chi connectivity index (χ0v) is 7.18. The quantitative estimate of drug-likeness (QED) is 0.442. The Kier molecular flexibility index (Phi) is 5.07. The first-order valence-corrected chi connectivity index (χ1v) is 5.25. The van der Waals surface area contributed by atoms with Crippen LogP contribution in [0.5, 0.6) is 0 Å². The van der Waals surface area contributed by atoms with E-state index in [9.17, 15) is 0 Å². The van der Waals surface area contributed by atoms with Gasteiger partial charge in [0.2, 0.25) is 0 Å². The molecule has 2 unspecified atom stereocenters. The molecule has 0 amide bonds. The molecule has 8 heavy (non-hydrogen) atoms. The van der Waals surface area contributed by atoms with Crippen LogP contribution in [0.15, 0.2) is 0 Å². The van der Waals surface area contributed by atoms with Gasteiger partial charge in [-0.3, -0.25) is 0 Å². The average molecular weight is 146 g/mol. The van der Waals surface area contributed by atoms with Crippen molar-refractivity contribution in [3.63, 3.8) is 0 Å². The Morgan fingerprint density at radius 2 is 1.88 bits per heavy atom. The average Bonchev–Trinajstić information content (AvgIpc) is 1.67. The van der Waals surface area contributed by atoms with E-state index in [0.717, 1.165) is 0 Å².